The van der Waals surface area contributed by atoms with Crippen molar-refractivity contribution in [1.82, 2.24) is 0 Å². The Morgan fingerprint density at radius 1 is 1.16 bits per heavy atom. The Balaban J connectivity index is 3.18. The summed E-state index contributed by atoms with van der Waals surface area (Å²) < 4.78 is 10.6. The van der Waals surface area contributed by atoms with Crippen molar-refractivity contribution >= 4 is 13.8 Å². The van der Waals surface area contributed by atoms with E-state index < -0.39 is 13.9 Å². The zero-order valence-corrected chi connectivity index (χ0v) is 12.7. The van der Waals surface area contributed by atoms with Crippen molar-refractivity contribution < 1.29 is 14.4 Å². The summed E-state index contributed by atoms with van der Waals surface area (Å²) >= 11 is 0. The molecule has 0 aliphatic rings. The lowest BCUT2D eigenvalue weighted by Crippen LogP contribution is -2.16. The molecular weight excluding hydrogens is 261 g/mol. The van der Waals surface area contributed by atoms with Crippen LogP contribution in [0.3, 0.4) is 0 Å². The van der Waals surface area contributed by atoms with Gasteiger partial charge in [-0.15, -0.1) is 0 Å². The Bertz CT molecular complexity index is 477. The van der Waals surface area contributed by atoms with Gasteiger partial charge in [-0.1, -0.05) is 45.9 Å². The monoisotopic (exact) mass is 281 g/mol. The fourth-order valence-electron chi connectivity index (χ4n) is 1.99. The fraction of sp³-hybridized carbons (Fsp3) is 0.500. The third-order valence-electron chi connectivity index (χ3n) is 2.89. The van der Waals surface area contributed by atoms with Crippen molar-refractivity contribution in [2.75, 3.05) is 6.29 Å². The van der Waals surface area contributed by atoms with E-state index in [4.69, 9.17) is 0 Å². The quantitative estimate of drug-likeness (QED) is 0.613. The van der Waals surface area contributed by atoms with E-state index in [1.54, 1.807) is 0 Å². The predicted octanol–water partition coefficient (Wildman–Crippen LogP) is 2.22. The highest BCUT2D eigenvalue weighted by Crippen LogP contribution is 2.27. The molecule has 0 unspecified atom stereocenters. The molecule has 0 atom stereocenters. The number of benzene rings is 1. The van der Waals surface area contributed by atoms with Crippen LogP contribution in [0.4, 0.5) is 0 Å². The molecule has 1 rings (SSSR count). The van der Waals surface area contributed by atoms with Crippen LogP contribution in [0.5, 0.6) is 0 Å². The van der Waals surface area contributed by atoms with Crippen molar-refractivity contribution in [3.8, 4) is 0 Å². The predicted molar refractivity (Wildman–Crippen MR) is 74.7 cm³/mol. The molecule has 0 saturated heterocycles. The van der Waals surface area contributed by atoms with Gasteiger partial charge in [0.2, 0.25) is 0 Å². The Morgan fingerprint density at radius 3 is 2.00 bits per heavy atom. The highest BCUT2D eigenvalue weighted by molar-refractivity contribution is 7.48. The first kappa shape index (κ1) is 16.1. The molecule has 4 nitrogen and oxygen atoms in total. The standard InChI is InChI=1S/C14H22NO3P/c1-10(2)12-6-5-7-13(11(3)4)14(12)8-15-9-19(16,17)18/h5-8,10-11H,9H2,1-4H3,(H2,16,17,18)/p-2/b15-8+. The third kappa shape index (κ3) is 4.90. The zero-order chi connectivity index (χ0) is 14.6. The van der Waals surface area contributed by atoms with Gasteiger partial charge in [0.25, 0.3) is 0 Å². The molecule has 0 aliphatic carbocycles. The van der Waals surface area contributed by atoms with Crippen LogP contribution in [0.15, 0.2) is 23.2 Å². The van der Waals surface area contributed by atoms with Gasteiger partial charge >= 0.3 is 0 Å². The summed E-state index contributed by atoms with van der Waals surface area (Å²) in [6, 6.07) is 6.01. The molecule has 0 spiro atoms. The minimum absolute atomic E-state index is 0.312. The van der Waals surface area contributed by atoms with Crippen LogP contribution in [-0.4, -0.2) is 12.5 Å². The van der Waals surface area contributed by atoms with E-state index in [0.29, 0.717) is 11.8 Å². The molecule has 0 fully saturated rings. The molecule has 0 heterocycles. The summed E-state index contributed by atoms with van der Waals surface area (Å²) in [5.74, 6) is 0.623. The summed E-state index contributed by atoms with van der Waals surface area (Å²) in [6.45, 7) is 8.29. The molecule has 0 N–H and O–H groups in total. The fourth-order valence-corrected chi connectivity index (χ4v) is 2.27. The normalized spacial score (nSPS) is 12.8. The van der Waals surface area contributed by atoms with E-state index in [0.717, 1.165) is 16.7 Å². The summed E-state index contributed by atoms with van der Waals surface area (Å²) in [6.07, 6.45) is 0.837. The van der Waals surface area contributed by atoms with Crippen LogP contribution in [0.25, 0.3) is 0 Å². The van der Waals surface area contributed by atoms with Gasteiger partial charge in [0.1, 0.15) is 0 Å². The van der Waals surface area contributed by atoms with Crippen LogP contribution in [0, 0.1) is 0 Å². The lowest BCUT2D eigenvalue weighted by molar-refractivity contribution is -0.313. The molecule has 0 amide bonds. The Labute approximate surface area is 114 Å². The molecule has 0 aromatic heterocycles. The molecule has 0 bridgehead atoms. The van der Waals surface area contributed by atoms with Crippen LogP contribution in [0.2, 0.25) is 0 Å². The van der Waals surface area contributed by atoms with Crippen LogP contribution >= 0.6 is 7.60 Å². The summed E-state index contributed by atoms with van der Waals surface area (Å²) in [7, 11) is -4.58. The second-order valence-electron chi connectivity index (χ2n) is 5.22. The second-order valence-corrected chi connectivity index (χ2v) is 6.73. The van der Waals surface area contributed by atoms with Gasteiger partial charge in [-0.25, -0.2) is 0 Å². The second kappa shape index (κ2) is 6.47. The van der Waals surface area contributed by atoms with Gasteiger partial charge in [-0.05, 0) is 36.1 Å². The van der Waals surface area contributed by atoms with Crippen molar-refractivity contribution in [1.29, 1.82) is 0 Å². The first-order valence-electron chi connectivity index (χ1n) is 6.36. The smallest absolute Gasteiger partial charge is 0.0663 e. The maximum Gasteiger partial charge on any atom is 0.0663 e. The van der Waals surface area contributed by atoms with Gasteiger partial charge in [0, 0.05) is 6.21 Å². The van der Waals surface area contributed by atoms with Crippen molar-refractivity contribution in [2.45, 2.75) is 39.5 Å². The molecule has 19 heavy (non-hydrogen) atoms. The molecule has 0 radical (unpaired) electrons. The van der Waals surface area contributed by atoms with Crippen LogP contribution in [0.1, 0.15) is 56.2 Å². The Hall–Kier alpha value is -0.960. The van der Waals surface area contributed by atoms with E-state index in [9.17, 15) is 14.4 Å². The highest BCUT2D eigenvalue weighted by atomic mass is 31.2. The minimum Gasteiger partial charge on any atom is -0.809 e. The molecular formula is C14H20NO3P-2. The molecule has 1 aromatic rings. The largest absolute Gasteiger partial charge is 0.809 e. The summed E-state index contributed by atoms with van der Waals surface area (Å²) in [4.78, 5) is 25.0. The average Bonchev–Trinajstić information content (AvgIpc) is 2.26. The molecule has 0 saturated carbocycles. The number of aliphatic imine (C=N–C) groups is 1. The van der Waals surface area contributed by atoms with Crippen molar-refractivity contribution in [3.05, 3.63) is 34.9 Å². The number of nitrogens with zero attached hydrogens (tertiary/aromatic N) is 1. The molecule has 5 heteroatoms. The van der Waals surface area contributed by atoms with E-state index in [1.807, 2.05) is 18.2 Å². The van der Waals surface area contributed by atoms with Gasteiger partial charge in [-0.3, -0.25) is 4.99 Å². The van der Waals surface area contributed by atoms with Gasteiger partial charge in [-0.2, -0.15) is 0 Å². The number of rotatable bonds is 5. The lowest BCUT2D eigenvalue weighted by Gasteiger charge is -2.26. The topological polar surface area (TPSA) is 75.5 Å². The maximum atomic E-state index is 10.6. The highest BCUT2D eigenvalue weighted by Gasteiger charge is 2.11. The van der Waals surface area contributed by atoms with E-state index in [-0.39, 0.29) is 0 Å². The maximum absolute atomic E-state index is 10.6. The summed E-state index contributed by atoms with van der Waals surface area (Å²) in [5.41, 5.74) is 3.16. The summed E-state index contributed by atoms with van der Waals surface area (Å²) in [5, 5.41) is 0. The first-order valence-corrected chi connectivity index (χ1v) is 8.09. The number of hydrogen-bond donors (Lipinski definition) is 0. The lowest BCUT2D eigenvalue weighted by atomic mass is 9.89. The third-order valence-corrected chi connectivity index (χ3v) is 3.40. The van der Waals surface area contributed by atoms with Crippen molar-refractivity contribution in [2.24, 2.45) is 4.99 Å². The van der Waals surface area contributed by atoms with E-state index in [1.165, 1.54) is 6.21 Å². The molecule has 0 aliphatic heterocycles. The van der Waals surface area contributed by atoms with Gasteiger partial charge in [0.15, 0.2) is 0 Å². The van der Waals surface area contributed by atoms with E-state index in [2.05, 4.69) is 32.7 Å². The van der Waals surface area contributed by atoms with E-state index >= 15 is 0 Å². The molecule has 1 aromatic carbocycles. The minimum atomic E-state index is -4.58. The first-order chi connectivity index (χ1) is 8.72. The van der Waals surface area contributed by atoms with Crippen molar-refractivity contribution in [3.63, 3.8) is 0 Å². The van der Waals surface area contributed by atoms with Gasteiger partial charge in [0.05, 0.1) is 6.29 Å². The van der Waals surface area contributed by atoms with Crippen LogP contribution < -0.4 is 9.79 Å². The van der Waals surface area contributed by atoms with Crippen LogP contribution in [-0.2, 0) is 4.57 Å². The average molecular weight is 281 g/mol. The Morgan fingerprint density at radius 2 is 1.63 bits per heavy atom. The molecule has 106 valence electrons. The zero-order valence-electron chi connectivity index (χ0n) is 11.8. The SMILES string of the molecule is CC(C)c1cccc(C(C)C)c1/C=N/CP(=O)([O-])[O-]. The Kier molecular flexibility index (Phi) is 5.48. The van der Waals surface area contributed by atoms with Gasteiger partial charge < -0.3 is 14.4 Å². The number of hydrogen-bond acceptors (Lipinski definition) is 4.